The molecule has 14 nitrogen and oxygen atoms in total. The fourth-order valence-electron chi connectivity index (χ4n) is 6.43. The van der Waals surface area contributed by atoms with Gasteiger partial charge < -0.3 is 39.5 Å². The van der Waals surface area contributed by atoms with Gasteiger partial charge in [-0.15, -0.1) is 0 Å². The molecule has 0 heterocycles. The van der Waals surface area contributed by atoms with Crippen LogP contribution in [0.15, 0.2) is 72.8 Å². The monoisotopic (exact) mass is 804 g/mol. The van der Waals surface area contributed by atoms with Crippen molar-refractivity contribution in [3.05, 3.63) is 89.5 Å². The van der Waals surface area contributed by atoms with Gasteiger partial charge in [0.25, 0.3) is 5.91 Å². The van der Waals surface area contributed by atoms with Gasteiger partial charge in [0.05, 0.1) is 14.2 Å². The van der Waals surface area contributed by atoms with Gasteiger partial charge in [0.1, 0.15) is 41.4 Å². The number of nitrogens with zero attached hydrogens (tertiary/aromatic N) is 3. The van der Waals surface area contributed by atoms with Crippen LogP contribution in [0, 0.1) is 11.8 Å². The van der Waals surface area contributed by atoms with Gasteiger partial charge in [-0.25, -0.2) is 4.79 Å². The second-order valence-electron chi connectivity index (χ2n) is 15.2. The van der Waals surface area contributed by atoms with Crippen LogP contribution in [0.5, 0.6) is 17.2 Å². The average molecular weight is 805 g/mol. The van der Waals surface area contributed by atoms with Gasteiger partial charge in [0.15, 0.2) is 6.10 Å². The number of hydrogen-bond donors (Lipinski definition) is 3. The number of carbonyl (C=O) groups is 5. The van der Waals surface area contributed by atoms with E-state index < -0.39 is 71.8 Å². The van der Waals surface area contributed by atoms with E-state index in [0.717, 1.165) is 5.56 Å². The standard InChI is InChI=1S/C44H60N4O10/c1-11-28(4)39(58-44(55)36(46(5)6)25-31-16-22-34(56-9)23-17-31)40(51)45-38(27(2)3)42(53)47(7)35(24-29-12-18-32(49)19-13-29)41(52)48(8)37(43(54)57-10)26-30-14-20-33(50)21-15-30/h12-23,27-28,35-39,49-50H,11,24-26H2,1-10H3,(H,45,51)/t28-,35-,36+,37+,38-,39+/m0/s1. The second kappa shape index (κ2) is 21.8. The fraction of sp³-hybridized carbons (Fsp3) is 0.477. The lowest BCUT2D eigenvalue weighted by Gasteiger charge is -2.36. The summed E-state index contributed by atoms with van der Waals surface area (Å²) in [7, 11) is 9.21. The number of rotatable bonds is 20. The highest BCUT2D eigenvalue weighted by Crippen LogP contribution is 2.22. The van der Waals surface area contributed by atoms with Gasteiger partial charge in [-0.1, -0.05) is 64.1 Å². The Morgan fingerprint density at radius 1 is 0.638 bits per heavy atom. The molecule has 0 radical (unpaired) electrons. The van der Waals surface area contributed by atoms with Crippen molar-refractivity contribution in [1.82, 2.24) is 20.0 Å². The zero-order valence-corrected chi connectivity index (χ0v) is 35.3. The summed E-state index contributed by atoms with van der Waals surface area (Å²) < 4.78 is 16.3. The van der Waals surface area contributed by atoms with E-state index >= 15 is 0 Å². The highest BCUT2D eigenvalue weighted by molar-refractivity contribution is 5.95. The normalized spacial score (nSPS) is 14.3. The van der Waals surface area contributed by atoms with Gasteiger partial charge in [-0.2, -0.15) is 0 Å². The first kappa shape index (κ1) is 46.8. The molecule has 6 atom stereocenters. The number of hydrogen-bond acceptors (Lipinski definition) is 11. The van der Waals surface area contributed by atoms with Crippen molar-refractivity contribution in [2.75, 3.05) is 42.4 Å². The van der Waals surface area contributed by atoms with Crippen molar-refractivity contribution in [2.45, 2.75) is 83.6 Å². The molecule has 14 heteroatoms. The van der Waals surface area contributed by atoms with E-state index in [1.165, 1.54) is 55.3 Å². The fourth-order valence-corrected chi connectivity index (χ4v) is 6.43. The van der Waals surface area contributed by atoms with Crippen LogP contribution in [0.3, 0.4) is 0 Å². The molecule has 3 aromatic rings. The number of aromatic hydroxyl groups is 2. The third-order valence-electron chi connectivity index (χ3n) is 10.5. The molecular weight excluding hydrogens is 745 g/mol. The number of phenols is 2. The molecular formula is C44H60N4O10. The molecule has 0 fully saturated rings. The summed E-state index contributed by atoms with van der Waals surface area (Å²) in [5.74, 6) is -3.22. The number of amides is 3. The Hall–Kier alpha value is -5.63. The largest absolute Gasteiger partial charge is 0.508 e. The Kier molecular flexibility index (Phi) is 17.5. The summed E-state index contributed by atoms with van der Waals surface area (Å²) in [5, 5.41) is 22.6. The molecule has 0 saturated heterocycles. The maximum Gasteiger partial charge on any atom is 0.328 e. The van der Waals surface area contributed by atoms with E-state index in [1.807, 2.05) is 19.1 Å². The summed E-state index contributed by atoms with van der Waals surface area (Å²) in [4.78, 5) is 74.2. The van der Waals surface area contributed by atoms with Gasteiger partial charge >= 0.3 is 11.9 Å². The molecule has 0 aliphatic carbocycles. The van der Waals surface area contributed by atoms with E-state index in [1.54, 1.807) is 83.3 Å². The molecule has 3 amide bonds. The Balaban J connectivity index is 1.92. The Morgan fingerprint density at radius 3 is 1.52 bits per heavy atom. The van der Waals surface area contributed by atoms with Crippen LogP contribution in [0.4, 0.5) is 0 Å². The summed E-state index contributed by atoms with van der Waals surface area (Å²) in [6.45, 7) is 7.18. The molecule has 0 spiro atoms. The molecule has 0 saturated carbocycles. The number of carbonyl (C=O) groups excluding carboxylic acids is 5. The number of nitrogens with one attached hydrogen (secondary N) is 1. The van der Waals surface area contributed by atoms with E-state index in [4.69, 9.17) is 14.2 Å². The minimum Gasteiger partial charge on any atom is -0.508 e. The molecule has 0 aliphatic rings. The molecule has 58 heavy (non-hydrogen) atoms. The minimum atomic E-state index is -1.23. The van der Waals surface area contributed by atoms with Crippen molar-refractivity contribution in [2.24, 2.45) is 11.8 Å². The van der Waals surface area contributed by atoms with E-state index in [-0.39, 0.29) is 24.3 Å². The second-order valence-corrected chi connectivity index (χ2v) is 15.2. The van der Waals surface area contributed by atoms with Crippen LogP contribution in [-0.2, 0) is 52.7 Å². The Labute approximate surface area is 342 Å². The summed E-state index contributed by atoms with van der Waals surface area (Å²) >= 11 is 0. The van der Waals surface area contributed by atoms with E-state index in [0.29, 0.717) is 29.7 Å². The number of benzene rings is 3. The zero-order chi connectivity index (χ0) is 43.3. The number of likely N-dealkylation sites (N-methyl/N-ethyl adjacent to an activating group) is 3. The molecule has 3 N–H and O–H groups in total. The van der Waals surface area contributed by atoms with Crippen molar-refractivity contribution in [3.63, 3.8) is 0 Å². The molecule has 0 aromatic heterocycles. The topological polar surface area (TPSA) is 175 Å². The number of ether oxygens (including phenoxy) is 3. The van der Waals surface area contributed by atoms with Crippen LogP contribution in [-0.4, -0.2) is 127 Å². The van der Waals surface area contributed by atoms with Crippen LogP contribution >= 0.6 is 0 Å². The lowest BCUT2D eigenvalue weighted by Crippen LogP contribution is -2.59. The molecule has 3 aromatic carbocycles. The Morgan fingerprint density at radius 2 is 1.09 bits per heavy atom. The third-order valence-corrected chi connectivity index (χ3v) is 10.5. The maximum absolute atomic E-state index is 14.5. The average Bonchev–Trinajstić information content (AvgIpc) is 3.21. The first-order valence-corrected chi connectivity index (χ1v) is 19.4. The SMILES string of the molecule is CC[C@H](C)[C@@H](OC(=O)[C@@H](Cc1ccc(OC)cc1)N(C)C)C(=O)N[C@H](C(=O)N(C)[C@@H](Cc1ccc(O)cc1)C(=O)N(C)[C@H](Cc1ccc(O)cc1)C(=O)OC)C(C)C. The quantitative estimate of drug-likeness (QED) is 0.141. The smallest absolute Gasteiger partial charge is 0.328 e. The first-order valence-electron chi connectivity index (χ1n) is 19.4. The number of phenolic OH excluding ortho intramolecular Hbond substituents is 2. The highest BCUT2D eigenvalue weighted by atomic mass is 16.6. The lowest BCUT2D eigenvalue weighted by molar-refractivity contribution is -0.164. The van der Waals surface area contributed by atoms with Crippen molar-refractivity contribution >= 4 is 29.7 Å². The number of esters is 2. The van der Waals surface area contributed by atoms with Gasteiger partial charge in [-0.05, 0) is 85.9 Å². The predicted molar refractivity (Wildman–Crippen MR) is 219 cm³/mol. The molecule has 3 rings (SSSR count). The number of methoxy groups -OCH3 is 2. The predicted octanol–water partition coefficient (Wildman–Crippen LogP) is 3.99. The molecule has 0 unspecified atom stereocenters. The summed E-state index contributed by atoms with van der Waals surface area (Å²) in [5.41, 5.74) is 2.15. The highest BCUT2D eigenvalue weighted by Gasteiger charge is 2.40. The summed E-state index contributed by atoms with van der Waals surface area (Å²) in [6, 6.07) is 15.6. The van der Waals surface area contributed by atoms with Crippen molar-refractivity contribution < 1.29 is 48.4 Å². The zero-order valence-electron chi connectivity index (χ0n) is 35.3. The first-order chi connectivity index (χ1) is 27.4. The third kappa shape index (κ3) is 12.7. The van der Waals surface area contributed by atoms with Gasteiger partial charge in [0, 0.05) is 32.9 Å². The Bertz CT molecular complexity index is 1820. The van der Waals surface area contributed by atoms with Crippen LogP contribution < -0.4 is 10.1 Å². The molecule has 316 valence electrons. The van der Waals surface area contributed by atoms with E-state index in [2.05, 4.69) is 5.32 Å². The minimum absolute atomic E-state index is 0.00475. The molecule has 0 bridgehead atoms. The molecule has 0 aliphatic heterocycles. The van der Waals surface area contributed by atoms with Crippen LogP contribution in [0.25, 0.3) is 0 Å². The summed E-state index contributed by atoms with van der Waals surface area (Å²) in [6.07, 6.45) is -0.341. The van der Waals surface area contributed by atoms with Crippen molar-refractivity contribution in [3.8, 4) is 17.2 Å². The lowest BCUT2D eigenvalue weighted by atomic mass is 9.96. The van der Waals surface area contributed by atoms with E-state index in [9.17, 15) is 34.2 Å². The maximum atomic E-state index is 14.5. The van der Waals surface area contributed by atoms with Crippen LogP contribution in [0.2, 0.25) is 0 Å². The van der Waals surface area contributed by atoms with Crippen molar-refractivity contribution in [1.29, 1.82) is 0 Å². The van der Waals surface area contributed by atoms with Gasteiger partial charge in [0.2, 0.25) is 11.8 Å². The van der Waals surface area contributed by atoms with Gasteiger partial charge in [-0.3, -0.25) is 24.1 Å². The van der Waals surface area contributed by atoms with Crippen LogP contribution in [0.1, 0.15) is 50.8 Å².